The van der Waals surface area contributed by atoms with Gasteiger partial charge in [0.15, 0.2) is 5.78 Å². The highest BCUT2D eigenvalue weighted by Gasteiger charge is 2.35. The molecule has 4 nitrogen and oxygen atoms in total. The molecular weight excluding hydrogens is 455 g/mol. The summed E-state index contributed by atoms with van der Waals surface area (Å²) in [6.45, 7) is 3.93. The first-order valence-corrected chi connectivity index (χ1v) is 12.0. The van der Waals surface area contributed by atoms with Crippen LogP contribution in [0.15, 0.2) is 42.2 Å². The highest BCUT2D eigenvalue weighted by atomic mass is 19.4. The van der Waals surface area contributed by atoms with Crippen LogP contribution in [-0.4, -0.2) is 10.9 Å². The number of benzene rings is 2. The summed E-state index contributed by atoms with van der Waals surface area (Å²) < 4.78 is 45.2. The predicted octanol–water partition coefficient (Wildman–Crippen LogP) is 7.62. The van der Waals surface area contributed by atoms with Gasteiger partial charge in [0.1, 0.15) is 17.3 Å². The van der Waals surface area contributed by atoms with Gasteiger partial charge in [-0.15, -0.1) is 0 Å². The number of rotatable bonds is 4. The third-order valence-corrected chi connectivity index (χ3v) is 7.42. The van der Waals surface area contributed by atoms with E-state index < -0.39 is 17.3 Å². The summed E-state index contributed by atoms with van der Waals surface area (Å²) in [7, 11) is 0. The molecule has 1 unspecified atom stereocenters. The number of allylic oxidation sites excluding steroid dienone is 2. The van der Waals surface area contributed by atoms with E-state index in [0.29, 0.717) is 41.6 Å². The quantitative estimate of drug-likeness (QED) is 0.486. The van der Waals surface area contributed by atoms with E-state index >= 15 is 0 Å². The Labute approximate surface area is 203 Å². The third-order valence-electron chi connectivity index (χ3n) is 7.42. The standard InChI is InChI=1S/C28H28F3NO3/c1-3-18-8-9-22(35-21-10-11-24(28(29,30)31)20(13-21)15-32)14-23(18)26-25(33)12-17-4-6-19(7-5-17)16(2)27(26)34/h8-11,13-14,16-17,19,34H,3-7,12H2,1-2H3/b27-26+/t16?,17-,19+. The van der Waals surface area contributed by atoms with Crippen LogP contribution in [0.3, 0.4) is 0 Å². The summed E-state index contributed by atoms with van der Waals surface area (Å²) in [6, 6.07) is 9.76. The van der Waals surface area contributed by atoms with Gasteiger partial charge in [-0.1, -0.05) is 19.9 Å². The second kappa shape index (κ2) is 9.77. The number of alkyl halides is 3. The molecule has 3 aliphatic carbocycles. The Balaban J connectivity index is 1.75. The molecule has 0 spiro atoms. The van der Waals surface area contributed by atoms with E-state index in [4.69, 9.17) is 4.74 Å². The number of aliphatic hydroxyl groups excluding tert-OH is 1. The van der Waals surface area contributed by atoms with Crippen LogP contribution in [0.2, 0.25) is 0 Å². The van der Waals surface area contributed by atoms with Gasteiger partial charge in [-0.2, -0.15) is 18.4 Å². The molecule has 2 aromatic rings. The van der Waals surface area contributed by atoms with Gasteiger partial charge in [-0.25, -0.2) is 0 Å². The van der Waals surface area contributed by atoms with Crippen molar-refractivity contribution >= 4 is 11.4 Å². The van der Waals surface area contributed by atoms with E-state index in [9.17, 15) is 28.3 Å². The maximum atomic E-state index is 13.4. The predicted molar refractivity (Wildman–Crippen MR) is 126 cm³/mol. The average Bonchev–Trinajstić information content (AvgIpc) is 2.89. The molecule has 2 aromatic carbocycles. The van der Waals surface area contributed by atoms with Crippen LogP contribution in [0, 0.1) is 29.1 Å². The van der Waals surface area contributed by atoms with Gasteiger partial charge in [0.2, 0.25) is 0 Å². The lowest BCUT2D eigenvalue weighted by atomic mass is 9.76. The van der Waals surface area contributed by atoms with Gasteiger partial charge in [0.25, 0.3) is 0 Å². The second-order valence-electron chi connectivity index (χ2n) is 9.55. The first-order valence-electron chi connectivity index (χ1n) is 12.0. The number of halogens is 3. The molecule has 0 amide bonds. The zero-order chi connectivity index (χ0) is 25.3. The molecule has 0 heterocycles. The molecule has 7 heteroatoms. The van der Waals surface area contributed by atoms with Gasteiger partial charge in [-0.3, -0.25) is 4.79 Å². The molecule has 2 bridgehead atoms. The van der Waals surface area contributed by atoms with E-state index in [0.717, 1.165) is 43.4 Å². The minimum Gasteiger partial charge on any atom is -0.511 e. The molecule has 1 fully saturated rings. The van der Waals surface area contributed by atoms with E-state index in [1.165, 1.54) is 6.07 Å². The molecule has 0 saturated heterocycles. The van der Waals surface area contributed by atoms with Gasteiger partial charge >= 0.3 is 6.18 Å². The van der Waals surface area contributed by atoms with Crippen LogP contribution in [0.5, 0.6) is 11.5 Å². The zero-order valence-electron chi connectivity index (χ0n) is 19.8. The SMILES string of the molecule is CCc1ccc(Oc2ccc(C(F)(F)F)c(C#N)c2)cc1/C1=C(\O)C(C)[C@H]2CC[C@H](CC2)CC1=O. The topological polar surface area (TPSA) is 70.3 Å². The van der Waals surface area contributed by atoms with Crippen LogP contribution < -0.4 is 4.74 Å². The normalized spacial score (nSPS) is 24.9. The van der Waals surface area contributed by atoms with E-state index in [-0.39, 0.29) is 23.2 Å². The van der Waals surface area contributed by atoms with Crippen molar-refractivity contribution in [3.63, 3.8) is 0 Å². The van der Waals surface area contributed by atoms with Gasteiger partial charge in [0.05, 0.1) is 22.8 Å². The number of ketones is 1. The van der Waals surface area contributed by atoms with Crippen molar-refractivity contribution in [2.45, 2.75) is 58.5 Å². The zero-order valence-corrected chi connectivity index (χ0v) is 19.8. The Morgan fingerprint density at radius 3 is 2.37 bits per heavy atom. The first-order chi connectivity index (χ1) is 16.6. The smallest absolute Gasteiger partial charge is 0.417 e. The van der Waals surface area contributed by atoms with Crippen molar-refractivity contribution in [2.75, 3.05) is 0 Å². The minimum atomic E-state index is -4.64. The van der Waals surface area contributed by atoms with Crippen LogP contribution in [-0.2, 0) is 17.4 Å². The molecule has 0 aliphatic heterocycles. The minimum absolute atomic E-state index is 0.0788. The van der Waals surface area contributed by atoms with E-state index in [2.05, 4.69) is 0 Å². The number of carbonyl (C=O) groups is 1. The fourth-order valence-electron chi connectivity index (χ4n) is 5.36. The maximum absolute atomic E-state index is 13.4. The lowest BCUT2D eigenvalue weighted by molar-refractivity contribution is -0.137. The van der Waals surface area contributed by atoms with Gasteiger partial charge in [-0.05, 0) is 85.4 Å². The highest BCUT2D eigenvalue weighted by molar-refractivity contribution is 6.22. The summed E-state index contributed by atoms with van der Waals surface area (Å²) in [5, 5.41) is 20.4. The Hall–Kier alpha value is -3.27. The Kier molecular flexibility index (Phi) is 6.93. The van der Waals surface area contributed by atoms with Crippen LogP contribution in [0.1, 0.15) is 68.2 Å². The molecule has 0 aromatic heterocycles. The first kappa shape index (κ1) is 24.8. The van der Waals surface area contributed by atoms with Gasteiger partial charge in [0, 0.05) is 12.3 Å². The molecule has 3 aliphatic rings. The highest BCUT2D eigenvalue weighted by Crippen LogP contribution is 2.43. The summed E-state index contributed by atoms with van der Waals surface area (Å²) in [5.41, 5.74) is 0.230. The number of Topliss-reactive ketones (excluding diaryl/α,β-unsaturated/α-hetero) is 1. The van der Waals surface area contributed by atoms with Crippen molar-refractivity contribution in [3.05, 3.63) is 64.4 Å². The van der Waals surface area contributed by atoms with Crippen LogP contribution in [0.4, 0.5) is 13.2 Å². The largest absolute Gasteiger partial charge is 0.511 e. The van der Waals surface area contributed by atoms with E-state index in [1.807, 2.05) is 13.8 Å². The van der Waals surface area contributed by atoms with Crippen molar-refractivity contribution in [1.82, 2.24) is 0 Å². The number of aliphatic hydroxyl groups is 1. The van der Waals surface area contributed by atoms with Crippen molar-refractivity contribution < 1.29 is 27.8 Å². The van der Waals surface area contributed by atoms with Crippen molar-refractivity contribution in [2.24, 2.45) is 17.8 Å². The molecule has 5 rings (SSSR count). The molecule has 1 N–H and O–H groups in total. The summed E-state index contributed by atoms with van der Waals surface area (Å²) in [6.07, 6.45) is 0.333. The number of nitrogens with zero attached hydrogens (tertiary/aromatic N) is 1. The lowest BCUT2D eigenvalue weighted by Crippen LogP contribution is -2.20. The molecule has 184 valence electrons. The number of fused-ring (bicyclic) bond motifs is 5. The fourth-order valence-corrected chi connectivity index (χ4v) is 5.36. The van der Waals surface area contributed by atoms with Crippen molar-refractivity contribution in [1.29, 1.82) is 5.26 Å². The average molecular weight is 484 g/mol. The Morgan fingerprint density at radius 1 is 1.09 bits per heavy atom. The molecule has 1 saturated carbocycles. The van der Waals surface area contributed by atoms with Crippen LogP contribution >= 0.6 is 0 Å². The van der Waals surface area contributed by atoms with Gasteiger partial charge < -0.3 is 9.84 Å². The number of carbonyl (C=O) groups excluding carboxylic acids is 1. The number of hydrogen-bond donors (Lipinski definition) is 1. The van der Waals surface area contributed by atoms with Crippen LogP contribution in [0.25, 0.3) is 5.57 Å². The number of aryl methyl sites for hydroxylation is 1. The molecule has 1 atom stereocenters. The molecule has 0 radical (unpaired) electrons. The fraction of sp³-hybridized carbons (Fsp3) is 0.429. The second-order valence-corrected chi connectivity index (χ2v) is 9.55. The monoisotopic (exact) mass is 483 g/mol. The Bertz CT molecular complexity index is 1200. The van der Waals surface area contributed by atoms with Crippen molar-refractivity contribution in [3.8, 4) is 17.6 Å². The lowest BCUT2D eigenvalue weighted by Gasteiger charge is -2.30. The molecule has 35 heavy (non-hydrogen) atoms. The summed E-state index contributed by atoms with van der Waals surface area (Å²) in [5.74, 6) is 0.904. The maximum Gasteiger partial charge on any atom is 0.417 e. The number of nitriles is 1. The van der Waals surface area contributed by atoms with E-state index in [1.54, 1.807) is 24.3 Å². The summed E-state index contributed by atoms with van der Waals surface area (Å²) >= 11 is 0. The third kappa shape index (κ3) is 5.07. The molecular formula is C28H28F3NO3. The summed E-state index contributed by atoms with van der Waals surface area (Å²) in [4.78, 5) is 13.4. The Morgan fingerprint density at radius 2 is 1.74 bits per heavy atom. The number of ether oxygens (including phenoxy) is 1. The number of hydrogen-bond acceptors (Lipinski definition) is 4.